The van der Waals surface area contributed by atoms with Crippen molar-refractivity contribution in [1.82, 2.24) is 9.97 Å². The molecule has 19 heavy (non-hydrogen) atoms. The quantitative estimate of drug-likeness (QED) is 0.655. The minimum Gasteiger partial charge on any atom is -0.399 e. The van der Waals surface area contributed by atoms with Crippen LogP contribution in [0.15, 0.2) is 30.3 Å². The fourth-order valence-electron chi connectivity index (χ4n) is 2.32. The predicted octanol–water partition coefficient (Wildman–Crippen LogP) is 4.08. The number of aryl methyl sites for hydroxylation is 2. The molecule has 0 atom stereocenters. The lowest BCUT2D eigenvalue weighted by atomic mass is 10.1. The van der Waals surface area contributed by atoms with Gasteiger partial charge in [-0.2, -0.15) is 0 Å². The monoisotopic (exact) mass is 271 g/mol. The fraction of sp³-hybridized carbons (Fsp3) is 0.133. The van der Waals surface area contributed by atoms with Gasteiger partial charge in [0.1, 0.15) is 5.82 Å². The van der Waals surface area contributed by atoms with Gasteiger partial charge in [-0.25, -0.2) is 4.98 Å². The molecule has 0 unspecified atom stereocenters. The van der Waals surface area contributed by atoms with Gasteiger partial charge in [-0.3, -0.25) is 0 Å². The first-order chi connectivity index (χ1) is 9.04. The van der Waals surface area contributed by atoms with Gasteiger partial charge in [-0.05, 0) is 49.2 Å². The number of nitrogens with zero attached hydrogens (tertiary/aromatic N) is 1. The van der Waals surface area contributed by atoms with Crippen molar-refractivity contribution < 1.29 is 0 Å². The minimum absolute atomic E-state index is 0.641. The topological polar surface area (TPSA) is 54.7 Å². The lowest BCUT2D eigenvalue weighted by Gasteiger charge is -2.01. The standard InChI is InChI=1S/C15H14ClN3/c1-8-5-9(2)14-13(6-8)18-15(19-14)11-7-10(17)3-4-12(11)16/h3-7H,17H2,1-2H3,(H,18,19). The SMILES string of the molecule is Cc1cc(C)c2nc(-c3cc(N)ccc3Cl)[nH]c2c1. The summed E-state index contributed by atoms with van der Waals surface area (Å²) in [5.41, 5.74) is 11.7. The Hall–Kier alpha value is -2.00. The van der Waals surface area contributed by atoms with Crippen LogP contribution in [0.25, 0.3) is 22.4 Å². The van der Waals surface area contributed by atoms with E-state index >= 15 is 0 Å². The molecule has 0 radical (unpaired) electrons. The van der Waals surface area contributed by atoms with Crippen molar-refractivity contribution in [3.05, 3.63) is 46.5 Å². The molecule has 1 heterocycles. The maximum absolute atomic E-state index is 6.21. The van der Waals surface area contributed by atoms with Gasteiger partial charge < -0.3 is 10.7 Å². The number of anilines is 1. The van der Waals surface area contributed by atoms with E-state index in [9.17, 15) is 0 Å². The predicted molar refractivity (Wildman–Crippen MR) is 80.4 cm³/mol. The Kier molecular flexibility index (Phi) is 2.72. The van der Waals surface area contributed by atoms with Gasteiger partial charge in [0.15, 0.2) is 0 Å². The molecule has 0 fully saturated rings. The van der Waals surface area contributed by atoms with Gasteiger partial charge in [0, 0.05) is 11.3 Å². The van der Waals surface area contributed by atoms with E-state index in [-0.39, 0.29) is 0 Å². The number of nitrogen functional groups attached to an aromatic ring is 1. The largest absolute Gasteiger partial charge is 0.399 e. The third-order valence-corrected chi connectivity index (χ3v) is 3.50. The number of hydrogen-bond acceptors (Lipinski definition) is 2. The molecule has 0 spiro atoms. The van der Waals surface area contributed by atoms with Crippen molar-refractivity contribution >= 4 is 28.3 Å². The molecule has 0 bridgehead atoms. The van der Waals surface area contributed by atoms with Crippen molar-refractivity contribution in [3.8, 4) is 11.4 Å². The van der Waals surface area contributed by atoms with E-state index in [1.807, 2.05) is 6.07 Å². The number of nitrogens with one attached hydrogen (secondary N) is 1. The molecule has 2 aromatic carbocycles. The average molecular weight is 272 g/mol. The Balaban J connectivity index is 2.26. The van der Waals surface area contributed by atoms with Crippen LogP contribution in [-0.4, -0.2) is 9.97 Å². The smallest absolute Gasteiger partial charge is 0.140 e. The zero-order valence-electron chi connectivity index (χ0n) is 10.8. The van der Waals surface area contributed by atoms with Crippen molar-refractivity contribution in [2.45, 2.75) is 13.8 Å². The van der Waals surface area contributed by atoms with E-state index in [4.69, 9.17) is 17.3 Å². The van der Waals surface area contributed by atoms with E-state index in [0.717, 1.165) is 28.0 Å². The Labute approximate surface area is 116 Å². The van der Waals surface area contributed by atoms with Crippen LogP contribution in [0, 0.1) is 13.8 Å². The highest BCUT2D eigenvalue weighted by Gasteiger charge is 2.11. The van der Waals surface area contributed by atoms with E-state index in [0.29, 0.717) is 10.7 Å². The van der Waals surface area contributed by atoms with Crippen molar-refractivity contribution in [2.75, 3.05) is 5.73 Å². The highest BCUT2D eigenvalue weighted by atomic mass is 35.5. The van der Waals surface area contributed by atoms with Crippen molar-refractivity contribution in [3.63, 3.8) is 0 Å². The first-order valence-electron chi connectivity index (χ1n) is 6.07. The van der Waals surface area contributed by atoms with Crippen molar-refractivity contribution in [1.29, 1.82) is 0 Å². The molecule has 96 valence electrons. The molecule has 0 aliphatic heterocycles. The second-order valence-electron chi connectivity index (χ2n) is 4.80. The molecule has 3 nitrogen and oxygen atoms in total. The third-order valence-electron chi connectivity index (χ3n) is 3.17. The number of aromatic amines is 1. The molecule has 0 saturated heterocycles. The van der Waals surface area contributed by atoms with Crippen LogP contribution in [-0.2, 0) is 0 Å². The summed E-state index contributed by atoms with van der Waals surface area (Å²) in [7, 11) is 0. The zero-order valence-corrected chi connectivity index (χ0v) is 11.5. The van der Waals surface area contributed by atoms with Gasteiger partial charge in [0.25, 0.3) is 0 Å². The van der Waals surface area contributed by atoms with Gasteiger partial charge in [-0.15, -0.1) is 0 Å². The highest BCUT2D eigenvalue weighted by Crippen LogP contribution is 2.30. The lowest BCUT2D eigenvalue weighted by molar-refractivity contribution is 1.33. The van der Waals surface area contributed by atoms with Crippen LogP contribution in [0.2, 0.25) is 5.02 Å². The summed E-state index contributed by atoms with van der Waals surface area (Å²) in [5, 5.41) is 0.641. The third kappa shape index (κ3) is 2.06. The van der Waals surface area contributed by atoms with Crippen LogP contribution in [0.1, 0.15) is 11.1 Å². The van der Waals surface area contributed by atoms with E-state index in [1.165, 1.54) is 5.56 Å². The molecule has 0 aliphatic carbocycles. The minimum atomic E-state index is 0.641. The van der Waals surface area contributed by atoms with Gasteiger partial charge in [0.2, 0.25) is 0 Å². The van der Waals surface area contributed by atoms with Gasteiger partial charge in [-0.1, -0.05) is 17.7 Å². The number of aromatic nitrogens is 2. The summed E-state index contributed by atoms with van der Waals surface area (Å²) < 4.78 is 0. The molecule has 1 aromatic heterocycles. The normalized spacial score (nSPS) is 11.1. The molecule has 4 heteroatoms. The summed E-state index contributed by atoms with van der Waals surface area (Å²) in [4.78, 5) is 7.94. The molecular weight excluding hydrogens is 258 g/mol. The maximum atomic E-state index is 6.21. The number of hydrogen-bond donors (Lipinski definition) is 2. The summed E-state index contributed by atoms with van der Waals surface area (Å²) in [6.45, 7) is 4.13. The molecule has 0 saturated carbocycles. The number of H-pyrrole nitrogens is 1. The summed E-state index contributed by atoms with van der Waals surface area (Å²) in [6.07, 6.45) is 0. The van der Waals surface area contributed by atoms with Crippen LogP contribution in [0.4, 0.5) is 5.69 Å². The van der Waals surface area contributed by atoms with E-state index in [1.54, 1.807) is 12.1 Å². The number of benzene rings is 2. The summed E-state index contributed by atoms with van der Waals surface area (Å²) in [5.74, 6) is 0.751. The molecular formula is C15H14ClN3. The van der Waals surface area contributed by atoms with E-state index in [2.05, 4.69) is 35.9 Å². The van der Waals surface area contributed by atoms with Crippen molar-refractivity contribution in [2.24, 2.45) is 0 Å². The van der Waals surface area contributed by atoms with Crippen LogP contribution >= 0.6 is 11.6 Å². The van der Waals surface area contributed by atoms with E-state index < -0.39 is 0 Å². The maximum Gasteiger partial charge on any atom is 0.140 e. The lowest BCUT2D eigenvalue weighted by Crippen LogP contribution is -1.88. The van der Waals surface area contributed by atoms with Crippen LogP contribution < -0.4 is 5.73 Å². The Bertz CT molecular complexity index is 774. The Morgan fingerprint density at radius 1 is 1.16 bits per heavy atom. The number of halogens is 1. The zero-order chi connectivity index (χ0) is 13.6. The second-order valence-corrected chi connectivity index (χ2v) is 5.21. The summed E-state index contributed by atoms with van der Waals surface area (Å²) >= 11 is 6.21. The number of rotatable bonds is 1. The molecule has 3 rings (SSSR count). The Morgan fingerprint density at radius 3 is 2.74 bits per heavy atom. The van der Waals surface area contributed by atoms with Gasteiger partial charge >= 0.3 is 0 Å². The van der Waals surface area contributed by atoms with Gasteiger partial charge in [0.05, 0.1) is 16.1 Å². The first-order valence-corrected chi connectivity index (χ1v) is 6.45. The van der Waals surface area contributed by atoms with Crippen LogP contribution in [0.5, 0.6) is 0 Å². The number of imidazole rings is 1. The number of fused-ring (bicyclic) bond motifs is 1. The fourth-order valence-corrected chi connectivity index (χ4v) is 2.53. The summed E-state index contributed by atoms with van der Waals surface area (Å²) in [6, 6.07) is 9.61. The molecule has 3 N–H and O–H groups in total. The first kappa shape index (κ1) is 12.1. The number of nitrogens with two attached hydrogens (primary N) is 1. The molecule has 0 amide bonds. The Morgan fingerprint density at radius 2 is 1.95 bits per heavy atom. The van der Waals surface area contributed by atoms with Crippen LogP contribution in [0.3, 0.4) is 0 Å². The molecule has 3 aromatic rings. The molecule has 0 aliphatic rings. The highest BCUT2D eigenvalue weighted by molar-refractivity contribution is 6.33. The average Bonchev–Trinajstić information content (AvgIpc) is 2.76. The second kappa shape index (κ2) is 4.28.